The molecule has 4 rings (SSSR count). The molecule has 0 saturated carbocycles. The Balaban J connectivity index is 1.69. The molecule has 5 nitrogen and oxygen atoms in total. The lowest BCUT2D eigenvalue weighted by Gasteiger charge is -2.20. The number of rotatable bonds is 4. The van der Waals surface area contributed by atoms with Crippen LogP contribution in [0.5, 0.6) is 11.5 Å². The summed E-state index contributed by atoms with van der Waals surface area (Å²) in [5.41, 5.74) is 7.41. The smallest absolute Gasteiger partial charge is 0.165 e. The quantitative estimate of drug-likeness (QED) is 0.659. The Kier molecular flexibility index (Phi) is 5.49. The predicted octanol–water partition coefficient (Wildman–Crippen LogP) is 4.47. The van der Waals surface area contributed by atoms with Gasteiger partial charge in [-0.1, -0.05) is 29.8 Å². The monoisotopic (exact) mass is 389 g/mol. The second-order valence-electron chi connectivity index (χ2n) is 7.66. The maximum absolute atomic E-state index is 6.10. The van der Waals surface area contributed by atoms with Gasteiger partial charge in [-0.05, 0) is 38.5 Å². The van der Waals surface area contributed by atoms with Gasteiger partial charge in [0, 0.05) is 37.0 Å². The van der Waals surface area contributed by atoms with Gasteiger partial charge in [-0.3, -0.25) is 9.88 Å². The molecule has 2 heterocycles. The van der Waals surface area contributed by atoms with Crippen LogP contribution in [0.2, 0.25) is 0 Å². The van der Waals surface area contributed by atoms with Crippen LogP contribution in [-0.4, -0.2) is 35.1 Å². The number of nitrogens with zero attached hydrogens (tertiary/aromatic N) is 3. The molecule has 1 aromatic heterocycles. The maximum Gasteiger partial charge on any atom is 0.165 e. The van der Waals surface area contributed by atoms with Crippen molar-refractivity contribution in [3.8, 4) is 22.8 Å². The summed E-state index contributed by atoms with van der Waals surface area (Å²) in [4.78, 5) is 11.6. The van der Waals surface area contributed by atoms with Gasteiger partial charge in [0.05, 0.1) is 24.2 Å². The summed E-state index contributed by atoms with van der Waals surface area (Å²) >= 11 is 0. The van der Waals surface area contributed by atoms with E-state index in [1.807, 2.05) is 19.9 Å². The highest BCUT2D eigenvalue weighted by Gasteiger charge is 2.21. The largest absolute Gasteiger partial charge is 0.493 e. The van der Waals surface area contributed by atoms with E-state index in [-0.39, 0.29) is 0 Å². The number of hydrogen-bond acceptors (Lipinski definition) is 5. The lowest BCUT2D eigenvalue weighted by Crippen LogP contribution is -2.25. The molecule has 0 aliphatic carbocycles. The van der Waals surface area contributed by atoms with E-state index in [0.29, 0.717) is 6.61 Å². The Morgan fingerprint density at radius 3 is 2.66 bits per heavy atom. The molecule has 3 aromatic rings. The average Bonchev–Trinajstić information content (AvgIpc) is 2.92. The summed E-state index contributed by atoms with van der Waals surface area (Å²) in [6.07, 6.45) is 1.80. The van der Waals surface area contributed by atoms with E-state index in [2.05, 4.69) is 47.1 Å². The van der Waals surface area contributed by atoms with Gasteiger partial charge in [-0.15, -0.1) is 0 Å². The summed E-state index contributed by atoms with van der Waals surface area (Å²) in [7, 11) is 1.69. The first-order valence-corrected chi connectivity index (χ1v) is 9.95. The van der Waals surface area contributed by atoms with Gasteiger partial charge in [-0.25, -0.2) is 4.98 Å². The van der Waals surface area contributed by atoms with Gasteiger partial charge in [0.2, 0.25) is 0 Å². The molecule has 0 radical (unpaired) electrons. The van der Waals surface area contributed by atoms with Crippen LogP contribution in [0.25, 0.3) is 11.3 Å². The van der Waals surface area contributed by atoms with Crippen molar-refractivity contribution in [2.45, 2.75) is 33.9 Å². The van der Waals surface area contributed by atoms with E-state index in [0.717, 1.165) is 59.3 Å². The Morgan fingerprint density at radius 1 is 1.10 bits per heavy atom. The molecule has 29 heavy (non-hydrogen) atoms. The van der Waals surface area contributed by atoms with Crippen molar-refractivity contribution in [1.29, 1.82) is 0 Å². The van der Waals surface area contributed by atoms with Crippen LogP contribution in [0.4, 0.5) is 0 Å². The van der Waals surface area contributed by atoms with Gasteiger partial charge >= 0.3 is 0 Å². The molecule has 0 atom stereocenters. The molecule has 0 unspecified atom stereocenters. The summed E-state index contributed by atoms with van der Waals surface area (Å²) in [5, 5.41) is 0. The number of methoxy groups -OCH3 is 1. The van der Waals surface area contributed by atoms with Crippen molar-refractivity contribution in [2.75, 3.05) is 20.3 Å². The lowest BCUT2D eigenvalue weighted by atomic mass is 10.0. The first-order chi connectivity index (χ1) is 14.0. The fraction of sp³-hybridized carbons (Fsp3) is 0.333. The molecule has 0 N–H and O–H groups in total. The molecular weight excluding hydrogens is 362 g/mol. The number of aromatic nitrogens is 2. The number of fused-ring (bicyclic) bond motifs is 1. The van der Waals surface area contributed by atoms with Crippen LogP contribution in [-0.2, 0) is 13.1 Å². The highest BCUT2D eigenvalue weighted by atomic mass is 16.5. The minimum absolute atomic E-state index is 0.637. The average molecular weight is 389 g/mol. The lowest BCUT2D eigenvalue weighted by molar-refractivity contribution is 0.217. The van der Waals surface area contributed by atoms with Crippen molar-refractivity contribution in [2.24, 2.45) is 0 Å². The molecule has 0 spiro atoms. The maximum atomic E-state index is 6.10. The topological polar surface area (TPSA) is 47.5 Å². The van der Waals surface area contributed by atoms with Crippen LogP contribution < -0.4 is 9.47 Å². The SMILES string of the molecule is COc1cc(-c2nc(C)cnc2C)cc2c1OCCN(Cc1ccc(C)cc1)C2. The minimum Gasteiger partial charge on any atom is -0.493 e. The Bertz CT molecular complexity index is 1020. The van der Waals surface area contributed by atoms with Crippen LogP contribution in [0.1, 0.15) is 28.1 Å². The summed E-state index contributed by atoms with van der Waals surface area (Å²) < 4.78 is 11.8. The molecule has 150 valence electrons. The van der Waals surface area contributed by atoms with Crippen LogP contribution >= 0.6 is 0 Å². The summed E-state index contributed by atoms with van der Waals surface area (Å²) in [5.74, 6) is 1.58. The third kappa shape index (κ3) is 4.25. The normalized spacial score (nSPS) is 14.1. The number of benzene rings is 2. The van der Waals surface area contributed by atoms with Crippen molar-refractivity contribution in [1.82, 2.24) is 14.9 Å². The Morgan fingerprint density at radius 2 is 1.90 bits per heavy atom. The van der Waals surface area contributed by atoms with Gasteiger partial charge in [0.25, 0.3) is 0 Å². The molecule has 5 heteroatoms. The zero-order valence-corrected chi connectivity index (χ0v) is 17.5. The molecule has 0 fully saturated rings. The first kappa shape index (κ1) is 19.4. The van der Waals surface area contributed by atoms with Crippen molar-refractivity contribution in [3.05, 3.63) is 70.7 Å². The Hall–Kier alpha value is -2.92. The molecule has 1 aliphatic rings. The third-order valence-corrected chi connectivity index (χ3v) is 5.28. The summed E-state index contributed by atoms with van der Waals surface area (Å²) in [6, 6.07) is 12.9. The van der Waals surface area contributed by atoms with Gasteiger partial charge in [0.1, 0.15) is 6.61 Å². The number of ether oxygens (including phenoxy) is 2. The minimum atomic E-state index is 0.637. The van der Waals surface area contributed by atoms with E-state index >= 15 is 0 Å². The van der Waals surface area contributed by atoms with E-state index in [1.54, 1.807) is 13.3 Å². The standard InChI is InChI=1S/C24H27N3O2/c1-16-5-7-19(8-6-16)14-27-9-10-29-24-21(15-27)11-20(12-22(24)28-4)23-18(3)25-13-17(2)26-23/h5-8,11-13H,9-10,14-15H2,1-4H3. The van der Waals surface area contributed by atoms with Crippen LogP contribution in [0.15, 0.2) is 42.6 Å². The van der Waals surface area contributed by atoms with E-state index in [9.17, 15) is 0 Å². The first-order valence-electron chi connectivity index (χ1n) is 9.95. The highest BCUT2D eigenvalue weighted by molar-refractivity contribution is 5.68. The van der Waals surface area contributed by atoms with Gasteiger partial charge in [-0.2, -0.15) is 0 Å². The molecular formula is C24H27N3O2. The Labute approximate surface area is 172 Å². The third-order valence-electron chi connectivity index (χ3n) is 5.28. The second kappa shape index (κ2) is 8.21. The van der Waals surface area contributed by atoms with E-state index in [4.69, 9.17) is 14.5 Å². The van der Waals surface area contributed by atoms with E-state index in [1.165, 1.54) is 11.1 Å². The highest BCUT2D eigenvalue weighted by Crippen LogP contribution is 2.38. The van der Waals surface area contributed by atoms with Crippen LogP contribution in [0.3, 0.4) is 0 Å². The summed E-state index contributed by atoms with van der Waals surface area (Å²) in [6.45, 7) is 9.25. The zero-order chi connectivity index (χ0) is 20.4. The molecule has 1 aliphatic heterocycles. The number of aryl methyl sites for hydroxylation is 3. The van der Waals surface area contributed by atoms with Crippen molar-refractivity contribution >= 4 is 0 Å². The van der Waals surface area contributed by atoms with Gasteiger partial charge < -0.3 is 9.47 Å². The van der Waals surface area contributed by atoms with Crippen molar-refractivity contribution in [3.63, 3.8) is 0 Å². The van der Waals surface area contributed by atoms with E-state index < -0.39 is 0 Å². The fourth-order valence-corrected chi connectivity index (χ4v) is 3.72. The van der Waals surface area contributed by atoms with Crippen LogP contribution in [0, 0.1) is 20.8 Å². The van der Waals surface area contributed by atoms with Crippen molar-refractivity contribution < 1.29 is 9.47 Å². The molecule has 0 bridgehead atoms. The van der Waals surface area contributed by atoms with Gasteiger partial charge in [0.15, 0.2) is 11.5 Å². The number of hydrogen-bond donors (Lipinski definition) is 0. The zero-order valence-electron chi connectivity index (χ0n) is 17.5. The predicted molar refractivity (Wildman–Crippen MR) is 114 cm³/mol. The second-order valence-corrected chi connectivity index (χ2v) is 7.66. The molecule has 2 aromatic carbocycles. The molecule has 0 saturated heterocycles. The molecule has 0 amide bonds. The fourth-order valence-electron chi connectivity index (χ4n) is 3.72.